The molecule has 1 aromatic heterocycles. The lowest BCUT2D eigenvalue weighted by atomic mass is 10.1. The highest BCUT2D eigenvalue weighted by Gasteiger charge is 2.08. The fraction of sp³-hybridized carbons (Fsp3) is 0.100. The highest BCUT2D eigenvalue weighted by atomic mass is 16.5. The summed E-state index contributed by atoms with van der Waals surface area (Å²) in [4.78, 5) is 16.4. The van der Waals surface area contributed by atoms with E-state index >= 15 is 0 Å². The number of nitrogens with zero attached hydrogens (tertiary/aromatic N) is 1. The third kappa shape index (κ3) is 4.20. The van der Waals surface area contributed by atoms with Gasteiger partial charge in [-0.25, -0.2) is 0 Å². The summed E-state index contributed by atoms with van der Waals surface area (Å²) in [7, 11) is 0. The van der Waals surface area contributed by atoms with Crippen LogP contribution in [-0.4, -0.2) is 17.5 Å². The van der Waals surface area contributed by atoms with Gasteiger partial charge < -0.3 is 10.1 Å². The zero-order valence-corrected chi connectivity index (χ0v) is 13.2. The van der Waals surface area contributed by atoms with Crippen LogP contribution in [0.4, 0.5) is 0 Å². The molecule has 120 valence electrons. The van der Waals surface area contributed by atoms with Crippen LogP contribution in [0.2, 0.25) is 0 Å². The molecule has 1 heterocycles. The van der Waals surface area contributed by atoms with Crippen LogP contribution in [0, 0.1) is 0 Å². The van der Waals surface area contributed by atoms with Crippen LogP contribution in [-0.2, 0) is 11.3 Å². The Labute approximate surface area is 141 Å². The first-order chi connectivity index (χ1) is 11.8. The molecule has 0 aliphatic carbocycles. The van der Waals surface area contributed by atoms with Gasteiger partial charge in [-0.2, -0.15) is 0 Å². The predicted molar refractivity (Wildman–Crippen MR) is 93.5 cm³/mol. The van der Waals surface area contributed by atoms with E-state index in [-0.39, 0.29) is 12.5 Å². The lowest BCUT2D eigenvalue weighted by Crippen LogP contribution is -2.28. The van der Waals surface area contributed by atoms with Gasteiger partial charge in [0, 0.05) is 18.3 Å². The fourth-order valence-corrected chi connectivity index (χ4v) is 2.35. The molecule has 4 heteroatoms. The first-order valence-electron chi connectivity index (χ1n) is 7.77. The molecule has 3 aromatic rings. The van der Waals surface area contributed by atoms with E-state index in [0.29, 0.717) is 12.3 Å². The molecule has 2 aromatic carbocycles. The number of rotatable bonds is 6. The van der Waals surface area contributed by atoms with E-state index in [2.05, 4.69) is 10.3 Å². The van der Waals surface area contributed by atoms with Crippen molar-refractivity contribution in [3.05, 3.63) is 84.6 Å². The summed E-state index contributed by atoms with van der Waals surface area (Å²) in [5.74, 6) is 0.515. The van der Waals surface area contributed by atoms with Gasteiger partial charge in [0.2, 0.25) is 0 Å². The number of hydrogen-bond donors (Lipinski definition) is 1. The summed E-state index contributed by atoms with van der Waals surface area (Å²) in [5.41, 5.74) is 2.88. The van der Waals surface area contributed by atoms with Crippen molar-refractivity contribution >= 4 is 5.91 Å². The molecule has 0 aliphatic rings. The Morgan fingerprint density at radius 3 is 2.38 bits per heavy atom. The van der Waals surface area contributed by atoms with Gasteiger partial charge in [0.05, 0.1) is 5.69 Å². The van der Waals surface area contributed by atoms with Crippen molar-refractivity contribution in [1.82, 2.24) is 10.3 Å². The Hall–Kier alpha value is -3.14. The lowest BCUT2D eigenvalue weighted by molar-refractivity contribution is -0.123. The normalized spacial score (nSPS) is 10.2. The van der Waals surface area contributed by atoms with Crippen molar-refractivity contribution in [3.8, 4) is 17.0 Å². The highest BCUT2D eigenvalue weighted by Crippen LogP contribution is 2.20. The van der Waals surface area contributed by atoms with Crippen LogP contribution < -0.4 is 10.1 Å². The monoisotopic (exact) mass is 318 g/mol. The zero-order valence-electron chi connectivity index (χ0n) is 13.2. The maximum absolute atomic E-state index is 12.0. The fourth-order valence-electron chi connectivity index (χ4n) is 2.35. The second-order valence-electron chi connectivity index (χ2n) is 5.26. The summed E-state index contributed by atoms with van der Waals surface area (Å²) >= 11 is 0. The predicted octanol–water partition coefficient (Wildman–Crippen LogP) is 3.44. The van der Waals surface area contributed by atoms with Gasteiger partial charge in [0.15, 0.2) is 6.61 Å². The van der Waals surface area contributed by atoms with Gasteiger partial charge in [0.1, 0.15) is 5.75 Å². The van der Waals surface area contributed by atoms with Crippen LogP contribution in [0.15, 0.2) is 79.0 Å². The van der Waals surface area contributed by atoms with Crippen LogP contribution in [0.25, 0.3) is 11.3 Å². The third-order valence-electron chi connectivity index (χ3n) is 3.53. The first kappa shape index (κ1) is 15.7. The molecular weight excluding hydrogens is 300 g/mol. The van der Waals surface area contributed by atoms with Gasteiger partial charge >= 0.3 is 0 Å². The quantitative estimate of drug-likeness (QED) is 0.757. The lowest BCUT2D eigenvalue weighted by Gasteiger charge is -2.10. The van der Waals surface area contributed by atoms with Gasteiger partial charge in [0.25, 0.3) is 5.91 Å². The summed E-state index contributed by atoms with van der Waals surface area (Å²) in [6.45, 7) is 0.403. The number of amides is 1. The van der Waals surface area contributed by atoms with E-state index in [9.17, 15) is 4.79 Å². The van der Waals surface area contributed by atoms with Crippen molar-refractivity contribution in [1.29, 1.82) is 0 Å². The van der Waals surface area contributed by atoms with E-state index in [4.69, 9.17) is 4.74 Å². The first-order valence-corrected chi connectivity index (χ1v) is 7.77. The highest BCUT2D eigenvalue weighted by molar-refractivity contribution is 5.77. The van der Waals surface area contributed by atoms with Gasteiger partial charge in [-0.1, -0.05) is 54.6 Å². The standard InChI is InChI=1S/C20H18N2O2/c23-19(15-24-18-11-5-2-6-12-18)22-14-17-10-7-13-21-20(17)16-8-3-1-4-9-16/h1-13H,14-15H2,(H,22,23). The molecule has 3 rings (SSSR count). The molecule has 0 unspecified atom stereocenters. The third-order valence-corrected chi connectivity index (χ3v) is 3.53. The van der Waals surface area contributed by atoms with Crippen molar-refractivity contribution in [2.24, 2.45) is 0 Å². The Morgan fingerprint density at radius 1 is 0.917 bits per heavy atom. The molecule has 1 amide bonds. The molecule has 0 radical (unpaired) electrons. The van der Waals surface area contributed by atoms with E-state index in [1.54, 1.807) is 6.20 Å². The number of carbonyl (C=O) groups is 1. The second-order valence-corrected chi connectivity index (χ2v) is 5.26. The topological polar surface area (TPSA) is 51.2 Å². The number of hydrogen-bond acceptors (Lipinski definition) is 3. The molecule has 0 saturated heterocycles. The van der Waals surface area contributed by atoms with Crippen molar-refractivity contribution in [3.63, 3.8) is 0 Å². The molecule has 0 aliphatic heterocycles. The SMILES string of the molecule is O=C(COc1ccccc1)NCc1cccnc1-c1ccccc1. The van der Waals surface area contributed by atoms with Crippen LogP contribution in [0.3, 0.4) is 0 Å². The van der Waals surface area contributed by atoms with Crippen LogP contribution in [0.1, 0.15) is 5.56 Å². The maximum Gasteiger partial charge on any atom is 0.258 e. The molecule has 1 N–H and O–H groups in total. The summed E-state index contributed by atoms with van der Waals surface area (Å²) in [5, 5.41) is 2.88. The number of ether oxygens (including phenoxy) is 1. The minimum Gasteiger partial charge on any atom is -0.484 e. The van der Waals surface area contributed by atoms with Gasteiger partial charge in [-0.05, 0) is 23.8 Å². The van der Waals surface area contributed by atoms with E-state index in [0.717, 1.165) is 16.8 Å². The van der Waals surface area contributed by atoms with Gasteiger partial charge in [-0.3, -0.25) is 9.78 Å². The number of nitrogens with one attached hydrogen (secondary N) is 1. The minimum atomic E-state index is -0.165. The van der Waals surface area contributed by atoms with E-state index in [1.165, 1.54) is 0 Å². The van der Waals surface area contributed by atoms with Crippen molar-refractivity contribution in [2.45, 2.75) is 6.54 Å². The number of benzene rings is 2. The average Bonchev–Trinajstić information content (AvgIpc) is 2.66. The number of aromatic nitrogens is 1. The zero-order chi connectivity index (χ0) is 16.6. The molecule has 0 atom stereocenters. The molecule has 4 nitrogen and oxygen atoms in total. The Morgan fingerprint density at radius 2 is 1.62 bits per heavy atom. The van der Waals surface area contributed by atoms with Gasteiger partial charge in [-0.15, -0.1) is 0 Å². The molecular formula is C20H18N2O2. The van der Waals surface area contributed by atoms with Crippen LogP contribution >= 0.6 is 0 Å². The molecule has 24 heavy (non-hydrogen) atoms. The molecule has 0 saturated carbocycles. The van der Waals surface area contributed by atoms with E-state index < -0.39 is 0 Å². The minimum absolute atomic E-state index is 0.00898. The Kier molecular flexibility index (Phi) is 5.20. The number of pyridine rings is 1. The van der Waals surface area contributed by atoms with Crippen molar-refractivity contribution < 1.29 is 9.53 Å². The smallest absolute Gasteiger partial charge is 0.258 e. The Bertz CT molecular complexity index is 789. The molecule has 0 spiro atoms. The Balaban J connectivity index is 1.60. The largest absolute Gasteiger partial charge is 0.484 e. The number of carbonyl (C=O) groups excluding carboxylic acids is 1. The summed E-state index contributed by atoms with van der Waals surface area (Å²) < 4.78 is 5.44. The molecule has 0 bridgehead atoms. The van der Waals surface area contributed by atoms with Crippen LogP contribution in [0.5, 0.6) is 5.75 Å². The van der Waals surface area contributed by atoms with Crippen molar-refractivity contribution in [2.75, 3.05) is 6.61 Å². The second kappa shape index (κ2) is 7.92. The summed E-state index contributed by atoms with van der Waals surface area (Å²) in [6, 6.07) is 23.0. The number of para-hydroxylation sites is 1. The average molecular weight is 318 g/mol. The van der Waals surface area contributed by atoms with E-state index in [1.807, 2.05) is 72.8 Å². The maximum atomic E-state index is 12.0. The summed E-state index contributed by atoms with van der Waals surface area (Å²) in [6.07, 6.45) is 1.76. The molecule has 0 fully saturated rings.